The smallest absolute Gasteiger partial charge is 0.314 e. The molecule has 0 radical (unpaired) electrons. The molecule has 3 rings (SSSR count). The maximum absolute atomic E-state index is 11.8. The third-order valence-corrected chi connectivity index (χ3v) is 4.52. The first-order valence-corrected chi connectivity index (χ1v) is 9.11. The van der Waals surface area contributed by atoms with Gasteiger partial charge >= 0.3 is 6.03 Å². The molecule has 2 N–H and O–H groups in total. The van der Waals surface area contributed by atoms with Gasteiger partial charge in [-0.1, -0.05) is 36.4 Å². The predicted molar refractivity (Wildman–Crippen MR) is 100 cm³/mol. The van der Waals surface area contributed by atoms with E-state index in [1.54, 1.807) is 0 Å². The normalized spacial score (nSPS) is 13.0. The molecule has 0 aromatic heterocycles. The summed E-state index contributed by atoms with van der Waals surface area (Å²) >= 11 is 0. The lowest BCUT2D eigenvalue weighted by atomic mass is 9.92. The van der Waals surface area contributed by atoms with Gasteiger partial charge < -0.3 is 15.4 Å². The van der Waals surface area contributed by atoms with E-state index in [0.717, 1.165) is 18.6 Å². The van der Waals surface area contributed by atoms with Crippen LogP contribution in [0.2, 0.25) is 0 Å². The van der Waals surface area contributed by atoms with E-state index in [2.05, 4.69) is 34.9 Å². The number of nitrogens with one attached hydrogen (secondary N) is 2. The minimum absolute atomic E-state index is 0.148. The molecule has 25 heavy (non-hydrogen) atoms. The molecule has 0 atom stereocenters. The molecule has 4 heteroatoms. The number of hydrogen-bond acceptors (Lipinski definition) is 2. The summed E-state index contributed by atoms with van der Waals surface area (Å²) in [5.74, 6) is 0.895. The molecule has 0 aliphatic heterocycles. The second-order valence-electron chi connectivity index (χ2n) is 6.40. The van der Waals surface area contributed by atoms with Crippen LogP contribution in [0.3, 0.4) is 0 Å². The van der Waals surface area contributed by atoms with Crippen LogP contribution in [0.1, 0.15) is 29.5 Å². The number of ether oxygens (including phenoxy) is 1. The van der Waals surface area contributed by atoms with Crippen molar-refractivity contribution in [2.45, 2.75) is 32.1 Å². The lowest BCUT2D eigenvalue weighted by molar-refractivity contribution is 0.236. The highest BCUT2D eigenvalue weighted by Crippen LogP contribution is 2.25. The van der Waals surface area contributed by atoms with Crippen molar-refractivity contribution in [2.75, 3.05) is 19.7 Å². The van der Waals surface area contributed by atoms with Gasteiger partial charge in [0.1, 0.15) is 12.4 Å². The second kappa shape index (κ2) is 9.11. The molecule has 1 aliphatic carbocycles. The number of amides is 2. The molecule has 0 heterocycles. The summed E-state index contributed by atoms with van der Waals surface area (Å²) < 4.78 is 5.75. The molecule has 2 aromatic carbocycles. The Labute approximate surface area is 149 Å². The van der Waals surface area contributed by atoms with E-state index in [1.807, 2.05) is 24.3 Å². The highest BCUT2D eigenvalue weighted by Gasteiger charge is 2.09. The molecule has 2 amide bonds. The Kier molecular flexibility index (Phi) is 6.32. The van der Waals surface area contributed by atoms with E-state index in [1.165, 1.54) is 36.0 Å². The van der Waals surface area contributed by atoms with E-state index in [4.69, 9.17) is 4.74 Å². The minimum Gasteiger partial charge on any atom is -0.492 e. The number of rotatable bonds is 7. The zero-order valence-electron chi connectivity index (χ0n) is 14.6. The molecule has 2 aromatic rings. The monoisotopic (exact) mass is 338 g/mol. The van der Waals surface area contributed by atoms with Crippen LogP contribution in [-0.4, -0.2) is 25.7 Å². The van der Waals surface area contributed by atoms with E-state index >= 15 is 0 Å². The standard InChI is InChI=1S/C21H26N2O2/c24-21(22-13-12-17-6-2-1-3-7-17)23-14-15-25-20-11-10-18-8-4-5-9-19(18)16-20/h1-3,6-7,10-11,16H,4-5,8-9,12-15H2,(H2,22,23,24). The highest BCUT2D eigenvalue weighted by atomic mass is 16.5. The molecule has 0 saturated carbocycles. The van der Waals surface area contributed by atoms with Crippen molar-refractivity contribution in [3.8, 4) is 5.75 Å². The number of hydrogen-bond donors (Lipinski definition) is 2. The molecule has 1 aliphatic rings. The molecular weight excluding hydrogens is 312 g/mol. The summed E-state index contributed by atoms with van der Waals surface area (Å²) in [6.45, 7) is 1.60. The number of urea groups is 1. The van der Waals surface area contributed by atoms with Gasteiger partial charge in [-0.05, 0) is 60.9 Å². The van der Waals surface area contributed by atoms with Gasteiger partial charge in [0.2, 0.25) is 0 Å². The van der Waals surface area contributed by atoms with Crippen LogP contribution in [0.5, 0.6) is 5.75 Å². The summed E-state index contributed by atoms with van der Waals surface area (Å²) in [5.41, 5.74) is 4.09. The number of benzene rings is 2. The first-order chi connectivity index (χ1) is 12.3. The SMILES string of the molecule is O=C(NCCOc1ccc2c(c1)CCCC2)NCCc1ccccc1. The van der Waals surface area contributed by atoms with Crippen molar-refractivity contribution < 1.29 is 9.53 Å². The van der Waals surface area contributed by atoms with Crippen molar-refractivity contribution in [3.05, 3.63) is 65.2 Å². The molecular formula is C21H26N2O2. The van der Waals surface area contributed by atoms with Crippen LogP contribution in [-0.2, 0) is 19.3 Å². The zero-order valence-corrected chi connectivity index (χ0v) is 14.6. The van der Waals surface area contributed by atoms with Gasteiger partial charge in [-0.25, -0.2) is 4.79 Å². The van der Waals surface area contributed by atoms with Gasteiger partial charge in [-0.15, -0.1) is 0 Å². The fourth-order valence-electron chi connectivity index (χ4n) is 3.16. The van der Waals surface area contributed by atoms with Crippen molar-refractivity contribution >= 4 is 6.03 Å². The number of aryl methyl sites for hydroxylation is 2. The van der Waals surface area contributed by atoms with Crippen molar-refractivity contribution in [1.29, 1.82) is 0 Å². The van der Waals surface area contributed by atoms with Gasteiger partial charge in [0.15, 0.2) is 0 Å². The Morgan fingerprint density at radius 1 is 0.920 bits per heavy atom. The fourth-order valence-corrected chi connectivity index (χ4v) is 3.16. The molecule has 0 bridgehead atoms. The van der Waals surface area contributed by atoms with E-state index in [9.17, 15) is 4.79 Å². The summed E-state index contributed by atoms with van der Waals surface area (Å²) in [7, 11) is 0. The molecule has 132 valence electrons. The highest BCUT2D eigenvalue weighted by molar-refractivity contribution is 5.73. The molecule has 0 unspecified atom stereocenters. The summed E-state index contributed by atoms with van der Waals surface area (Å²) in [6, 6.07) is 16.3. The van der Waals surface area contributed by atoms with Crippen molar-refractivity contribution in [1.82, 2.24) is 10.6 Å². The topological polar surface area (TPSA) is 50.4 Å². The molecule has 0 spiro atoms. The first kappa shape index (κ1) is 17.3. The third-order valence-electron chi connectivity index (χ3n) is 4.52. The van der Waals surface area contributed by atoms with E-state index in [0.29, 0.717) is 19.7 Å². The van der Waals surface area contributed by atoms with Crippen LogP contribution < -0.4 is 15.4 Å². The van der Waals surface area contributed by atoms with Crippen LogP contribution in [0.15, 0.2) is 48.5 Å². The van der Waals surface area contributed by atoms with E-state index in [-0.39, 0.29) is 6.03 Å². The summed E-state index contributed by atoms with van der Waals surface area (Å²) in [6.07, 6.45) is 5.71. The summed E-state index contributed by atoms with van der Waals surface area (Å²) in [4.78, 5) is 11.8. The third kappa shape index (κ3) is 5.52. The zero-order chi connectivity index (χ0) is 17.3. The van der Waals surface area contributed by atoms with Crippen LogP contribution in [0.4, 0.5) is 4.79 Å². The average Bonchev–Trinajstić information content (AvgIpc) is 2.66. The first-order valence-electron chi connectivity index (χ1n) is 9.11. The average molecular weight is 338 g/mol. The van der Waals surface area contributed by atoms with Gasteiger partial charge in [0, 0.05) is 6.54 Å². The fraction of sp³-hybridized carbons (Fsp3) is 0.381. The number of carbonyl (C=O) groups excluding carboxylic acids is 1. The molecule has 4 nitrogen and oxygen atoms in total. The Morgan fingerprint density at radius 2 is 1.68 bits per heavy atom. The van der Waals surface area contributed by atoms with Gasteiger partial charge in [-0.3, -0.25) is 0 Å². The summed E-state index contributed by atoms with van der Waals surface area (Å²) in [5, 5.41) is 5.69. The van der Waals surface area contributed by atoms with Crippen LogP contribution in [0.25, 0.3) is 0 Å². The molecule has 0 saturated heterocycles. The minimum atomic E-state index is -0.148. The van der Waals surface area contributed by atoms with Crippen LogP contribution >= 0.6 is 0 Å². The van der Waals surface area contributed by atoms with Gasteiger partial charge in [-0.2, -0.15) is 0 Å². The van der Waals surface area contributed by atoms with Crippen molar-refractivity contribution in [3.63, 3.8) is 0 Å². The number of fused-ring (bicyclic) bond motifs is 1. The lowest BCUT2D eigenvalue weighted by Crippen LogP contribution is -2.38. The maximum Gasteiger partial charge on any atom is 0.314 e. The lowest BCUT2D eigenvalue weighted by Gasteiger charge is -2.17. The van der Waals surface area contributed by atoms with E-state index < -0.39 is 0 Å². The van der Waals surface area contributed by atoms with Gasteiger partial charge in [0.25, 0.3) is 0 Å². The number of carbonyl (C=O) groups is 1. The van der Waals surface area contributed by atoms with Gasteiger partial charge in [0.05, 0.1) is 6.54 Å². The van der Waals surface area contributed by atoms with Crippen LogP contribution in [0, 0.1) is 0 Å². The quantitative estimate of drug-likeness (QED) is 0.759. The Morgan fingerprint density at radius 3 is 2.52 bits per heavy atom. The second-order valence-corrected chi connectivity index (χ2v) is 6.40. The Bertz CT molecular complexity index is 686. The predicted octanol–water partition coefficient (Wildman–Crippen LogP) is 3.49. The maximum atomic E-state index is 11.8. The Balaban J connectivity index is 1.31. The Hall–Kier alpha value is -2.49. The largest absolute Gasteiger partial charge is 0.492 e. The van der Waals surface area contributed by atoms with Crippen molar-refractivity contribution in [2.24, 2.45) is 0 Å². The molecule has 0 fully saturated rings.